The van der Waals surface area contributed by atoms with Crippen molar-refractivity contribution in [2.75, 3.05) is 26.3 Å². The number of nitrogens with zero attached hydrogens (tertiary/aromatic N) is 1. The van der Waals surface area contributed by atoms with E-state index < -0.39 is 0 Å². The third-order valence-corrected chi connectivity index (χ3v) is 4.76. The minimum absolute atomic E-state index is 0.0313. The monoisotopic (exact) mass is 369 g/mol. The standard InChI is InChI=1S/C22H27NO4/c24-16-7-17-26-22(25)23-14-12-20(13-15-23)27-21(18-8-3-1-4-9-18)19-10-5-2-6-11-19/h1-6,8-11,20-21,24H,7,12-17H2. The summed E-state index contributed by atoms with van der Waals surface area (Å²) < 4.78 is 11.6. The highest BCUT2D eigenvalue weighted by atomic mass is 16.6. The van der Waals surface area contributed by atoms with Crippen LogP contribution in [0.1, 0.15) is 36.5 Å². The van der Waals surface area contributed by atoms with E-state index >= 15 is 0 Å². The summed E-state index contributed by atoms with van der Waals surface area (Å²) in [4.78, 5) is 13.7. The topological polar surface area (TPSA) is 59.0 Å². The molecule has 0 atom stereocenters. The number of carbonyl (C=O) groups is 1. The predicted octanol–water partition coefficient (Wildman–Crippen LogP) is 3.78. The zero-order valence-corrected chi connectivity index (χ0v) is 15.5. The second-order valence-electron chi connectivity index (χ2n) is 6.72. The van der Waals surface area contributed by atoms with Gasteiger partial charge >= 0.3 is 6.09 Å². The Balaban J connectivity index is 1.59. The highest BCUT2D eigenvalue weighted by molar-refractivity contribution is 5.67. The van der Waals surface area contributed by atoms with Crippen LogP contribution in [0.5, 0.6) is 0 Å². The summed E-state index contributed by atoms with van der Waals surface area (Å²) in [5, 5.41) is 8.77. The summed E-state index contributed by atoms with van der Waals surface area (Å²) in [6, 6.07) is 20.5. The Bertz CT molecular complexity index is 644. The van der Waals surface area contributed by atoms with Gasteiger partial charge in [-0.15, -0.1) is 0 Å². The zero-order chi connectivity index (χ0) is 18.9. The summed E-state index contributed by atoms with van der Waals surface area (Å²) in [6.45, 7) is 1.54. The molecule has 0 saturated carbocycles. The van der Waals surface area contributed by atoms with Crippen LogP contribution in [0.15, 0.2) is 60.7 Å². The first-order valence-corrected chi connectivity index (χ1v) is 9.56. The number of carbonyl (C=O) groups excluding carboxylic acids is 1. The van der Waals surface area contributed by atoms with E-state index in [9.17, 15) is 4.79 Å². The number of aliphatic hydroxyl groups excluding tert-OH is 1. The molecule has 0 spiro atoms. The molecular formula is C22H27NO4. The van der Waals surface area contributed by atoms with Crippen molar-refractivity contribution in [3.8, 4) is 0 Å². The number of ether oxygens (including phenoxy) is 2. The zero-order valence-electron chi connectivity index (χ0n) is 15.5. The number of amides is 1. The number of aliphatic hydroxyl groups is 1. The number of piperidine rings is 1. The molecule has 3 rings (SSSR count). The highest BCUT2D eigenvalue weighted by Crippen LogP contribution is 2.30. The molecule has 1 aliphatic rings. The molecule has 1 saturated heterocycles. The SMILES string of the molecule is O=C(OCCCO)N1CCC(OC(c2ccccc2)c2ccccc2)CC1. The van der Waals surface area contributed by atoms with Crippen molar-refractivity contribution in [1.29, 1.82) is 0 Å². The van der Waals surface area contributed by atoms with Crippen molar-refractivity contribution in [1.82, 2.24) is 4.90 Å². The van der Waals surface area contributed by atoms with Gasteiger partial charge in [-0.3, -0.25) is 0 Å². The van der Waals surface area contributed by atoms with E-state index in [0.717, 1.165) is 24.0 Å². The lowest BCUT2D eigenvalue weighted by Gasteiger charge is -2.33. The molecule has 1 amide bonds. The largest absolute Gasteiger partial charge is 0.449 e. The molecule has 0 bridgehead atoms. The van der Waals surface area contributed by atoms with E-state index in [0.29, 0.717) is 19.5 Å². The maximum Gasteiger partial charge on any atom is 0.409 e. The average molecular weight is 369 g/mol. The number of hydrogen-bond donors (Lipinski definition) is 1. The Labute approximate surface area is 160 Å². The van der Waals surface area contributed by atoms with Crippen LogP contribution in [0.3, 0.4) is 0 Å². The molecule has 5 nitrogen and oxygen atoms in total. The first-order chi connectivity index (χ1) is 13.3. The number of rotatable bonds is 7. The van der Waals surface area contributed by atoms with Gasteiger partial charge in [-0.25, -0.2) is 4.79 Å². The number of benzene rings is 2. The molecule has 0 aliphatic carbocycles. The average Bonchev–Trinajstić information content (AvgIpc) is 2.74. The van der Waals surface area contributed by atoms with Gasteiger partial charge in [0, 0.05) is 26.1 Å². The van der Waals surface area contributed by atoms with Crippen LogP contribution in [0.25, 0.3) is 0 Å². The van der Waals surface area contributed by atoms with Gasteiger partial charge in [0.1, 0.15) is 6.10 Å². The molecule has 2 aromatic rings. The molecule has 0 radical (unpaired) electrons. The van der Waals surface area contributed by atoms with E-state index in [1.54, 1.807) is 4.90 Å². The van der Waals surface area contributed by atoms with Gasteiger partial charge in [-0.1, -0.05) is 60.7 Å². The summed E-state index contributed by atoms with van der Waals surface area (Å²) >= 11 is 0. The van der Waals surface area contributed by atoms with Crippen LogP contribution in [-0.2, 0) is 9.47 Å². The van der Waals surface area contributed by atoms with Crippen molar-refractivity contribution in [2.45, 2.75) is 31.5 Å². The molecule has 1 fully saturated rings. The Morgan fingerprint density at radius 1 is 1.00 bits per heavy atom. The fraction of sp³-hybridized carbons (Fsp3) is 0.409. The summed E-state index contributed by atoms with van der Waals surface area (Å²) in [5.41, 5.74) is 2.27. The Morgan fingerprint density at radius 2 is 1.56 bits per heavy atom. The highest BCUT2D eigenvalue weighted by Gasteiger charge is 2.27. The normalized spacial score (nSPS) is 15.1. The van der Waals surface area contributed by atoms with Crippen LogP contribution in [0, 0.1) is 0 Å². The van der Waals surface area contributed by atoms with Crippen molar-refractivity contribution < 1.29 is 19.4 Å². The molecule has 0 aromatic heterocycles. The quantitative estimate of drug-likeness (QED) is 0.755. The molecular weight excluding hydrogens is 342 g/mol. The molecule has 5 heteroatoms. The van der Waals surface area contributed by atoms with Gasteiger partial charge < -0.3 is 19.5 Å². The fourth-order valence-corrected chi connectivity index (χ4v) is 3.29. The fourth-order valence-electron chi connectivity index (χ4n) is 3.29. The maximum atomic E-state index is 12.0. The minimum atomic E-state index is -0.301. The van der Waals surface area contributed by atoms with Crippen LogP contribution in [0.2, 0.25) is 0 Å². The van der Waals surface area contributed by atoms with E-state index in [1.165, 1.54) is 0 Å². The molecule has 144 valence electrons. The van der Waals surface area contributed by atoms with Gasteiger partial charge in [-0.2, -0.15) is 0 Å². The Hall–Kier alpha value is -2.37. The second-order valence-corrected chi connectivity index (χ2v) is 6.72. The number of hydrogen-bond acceptors (Lipinski definition) is 4. The van der Waals surface area contributed by atoms with Gasteiger partial charge in [0.15, 0.2) is 0 Å². The van der Waals surface area contributed by atoms with E-state index in [-0.39, 0.29) is 31.5 Å². The lowest BCUT2D eigenvalue weighted by molar-refractivity contribution is -0.0264. The summed E-state index contributed by atoms with van der Waals surface area (Å²) in [6.07, 6.45) is 1.72. The van der Waals surface area contributed by atoms with Crippen molar-refractivity contribution in [2.24, 2.45) is 0 Å². The second kappa shape index (κ2) is 10.1. The minimum Gasteiger partial charge on any atom is -0.449 e. The third-order valence-electron chi connectivity index (χ3n) is 4.76. The van der Waals surface area contributed by atoms with E-state index in [4.69, 9.17) is 14.6 Å². The van der Waals surface area contributed by atoms with Crippen molar-refractivity contribution in [3.63, 3.8) is 0 Å². The van der Waals surface area contributed by atoms with Crippen LogP contribution < -0.4 is 0 Å². The molecule has 0 unspecified atom stereocenters. The summed E-state index contributed by atoms with van der Waals surface area (Å²) in [5.74, 6) is 0. The first-order valence-electron chi connectivity index (χ1n) is 9.56. The molecule has 1 heterocycles. The molecule has 2 aromatic carbocycles. The smallest absolute Gasteiger partial charge is 0.409 e. The predicted molar refractivity (Wildman–Crippen MR) is 103 cm³/mol. The van der Waals surface area contributed by atoms with Gasteiger partial charge in [0.2, 0.25) is 0 Å². The molecule has 1 N–H and O–H groups in total. The van der Waals surface area contributed by atoms with Gasteiger partial charge in [-0.05, 0) is 24.0 Å². The Kier molecular flexibility index (Phi) is 7.25. The summed E-state index contributed by atoms with van der Waals surface area (Å²) in [7, 11) is 0. The molecule has 1 aliphatic heterocycles. The van der Waals surface area contributed by atoms with Gasteiger partial charge in [0.25, 0.3) is 0 Å². The van der Waals surface area contributed by atoms with Crippen molar-refractivity contribution >= 4 is 6.09 Å². The van der Waals surface area contributed by atoms with Crippen LogP contribution >= 0.6 is 0 Å². The van der Waals surface area contributed by atoms with E-state index in [2.05, 4.69) is 24.3 Å². The molecule has 27 heavy (non-hydrogen) atoms. The third kappa shape index (κ3) is 5.55. The first kappa shape index (κ1) is 19.4. The van der Waals surface area contributed by atoms with E-state index in [1.807, 2.05) is 36.4 Å². The van der Waals surface area contributed by atoms with Crippen molar-refractivity contribution in [3.05, 3.63) is 71.8 Å². The maximum absolute atomic E-state index is 12.0. The van der Waals surface area contributed by atoms with Gasteiger partial charge in [0.05, 0.1) is 12.7 Å². The van der Waals surface area contributed by atoms with Crippen LogP contribution in [0.4, 0.5) is 4.79 Å². The Morgan fingerprint density at radius 3 is 2.07 bits per heavy atom. The van der Waals surface area contributed by atoms with Crippen LogP contribution in [-0.4, -0.2) is 48.5 Å². The number of likely N-dealkylation sites (tertiary alicyclic amines) is 1. The lowest BCUT2D eigenvalue weighted by atomic mass is 10.00. The lowest BCUT2D eigenvalue weighted by Crippen LogP contribution is -2.41.